The van der Waals surface area contributed by atoms with Gasteiger partial charge in [0.15, 0.2) is 0 Å². The van der Waals surface area contributed by atoms with Crippen LogP contribution >= 0.6 is 0 Å². The van der Waals surface area contributed by atoms with Crippen molar-refractivity contribution in [3.8, 4) is 0 Å². The molecular formula is C28H35N3O3. The maximum atomic E-state index is 14.1. The molecule has 1 aromatic carbocycles. The lowest BCUT2D eigenvalue weighted by molar-refractivity contribution is -0.128. The Morgan fingerprint density at radius 1 is 1.18 bits per heavy atom. The van der Waals surface area contributed by atoms with E-state index in [2.05, 4.69) is 19.2 Å². The monoisotopic (exact) mass is 461 g/mol. The van der Waals surface area contributed by atoms with Crippen LogP contribution in [0.3, 0.4) is 0 Å². The number of amides is 2. The second-order valence-electron chi connectivity index (χ2n) is 10.7. The van der Waals surface area contributed by atoms with E-state index < -0.39 is 5.54 Å². The van der Waals surface area contributed by atoms with E-state index in [1.54, 1.807) is 11.2 Å². The van der Waals surface area contributed by atoms with Crippen LogP contribution in [0.15, 0.2) is 30.5 Å². The number of anilines is 1. The number of carbonyl (C=O) groups is 2. The van der Waals surface area contributed by atoms with Gasteiger partial charge in [-0.25, -0.2) is 0 Å². The molecule has 6 heteroatoms. The lowest BCUT2D eigenvalue weighted by Gasteiger charge is -2.46. The molecule has 0 saturated heterocycles. The molecule has 2 amide bonds. The number of carbonyl (C=O) groups excluding carboxylic acids is 2. The van der Waals surface area contributed by atoms with Crippen molar-refractivity contribution in [2.24, 2.45) is 11.8 Å². The fourth-order valence-corrected chi connectivity index (χ4v) is 5.87. The smallest absolute Gasteiger partial charge is 0.275 e. The number of rotatable bonds is 3. The number of fused-ring (bicyclic) bond motifs is 3. The molecule has 180 valence electrons. The molecule has 1 fully saturated rings. The molecule has 0 bridgehead atoms. The molecule has 0 radical (unpaired) electrons. The Labute approximate surface area is 202 Å². The van der Waals surface area contributed by atoms with Gasteiger partial charge in [0.05, 0.1) is 18.5 Å². The van der Waals surface area contributed by atoms with Crippen LogP contribution in [0.1, 0.15) is 72.9 Å². The van der Waals surface area contributed by atoms with Crippen LogP contribution in [0.2, 0.25) is 0 Å². The molecule has 1 saturated carbocycles. The van der Waals surface area contributed by atoms with E-state index in [4.69, 9.17) is 4.74 Å². The molecule has 6 nitrogen and oxygen atoms in total. The Morgan fingerprint density at radius 3 is 2.76 bits per heavy atom. The van der Waals surface area contributed by atoms with Gasteiger partial charge in [-0.1, -0.05) is 38.8 Å². The van der Waals surface area contributed by atoms with Crippen molar-refractivity contribution in [1.82, 2.24) is 9.88 Å². The number of hydrogen-bond acceptors (Lipinski definition) is 3. The Balaban J connectivity index is 1.61. The first-order valence-corrected chi connectivity index (χ1v) is 12.4. The predicted octanol–water partition coefficient (Wildman–Crippen LogP) is 4.97. The third-order valence-electron chi connectivity index (χ3n) is 8.28. The van der Waals surface area contributed by atoms with Gasteiger partial charge in [0, 0.05) is 17.3 Å². The molecule has 5 rings (SSSR count). The highest BCUT2D eigenvalue weighted by Gasteiger charge is 2.50. The molecule has 1 aromatic heterocycles. The minimum atomic E-state index is -1.07. The minimum Gasteiger partial charge on any atom is -0.496 e. The third-order valence-corrected chi connectivity index (χ3v) is 8.28. The Morgan fingerprint density at radius 2 is 1.97 bits per heavy atom. The zero-order valence-electron chi connectivity index (χ0n) is 20.9. The Bertz CT molecular complexity index is 1180. The number of ether oxygens (including phenoxy) is 1. The molecule has 4 unspecified atom stereocenters. The van der Waals surface area contributed by atoms with Crippen molar-refractivity contribution in [2.75, 3.05) is 4.90 Å². The zero-order chi connectivity index (χ0) is 24.2. The van der Waals surface area contributed by atoms with E-state index in [9.17, 15) is 9.59 Å². The lowest BCUT2D eigenvalue weighted by Crippen LogP contribution is -2.66. The van der Waals surface area contributed by atoms with Gasteiger partial charge < -0.3 is 14.6 Å². The van der Waals surface area contributed by atoms with E-state index >= 15 is 0 Å². The summed E-state index contributed by atoms with van der Waals surface area (Å²) in [7, 11) is 0. The number of aromatic nitrogens is 1. The van der Waals surface area contributed by atoms with Crippen LogP contribution in [-0.4, -0.2) is 28.0 Å². The normalized spacial score (nSPS) is 28.2. The highest BCUT2D eigenvalue weighted by atomic mass is 16.5. The maximum Gasteiger partial charge on any atom is 0.275 e. The summed E-state index contributed by atoms with van der Waals surface area (Å²) < 4.78 is 7.48. The number of nitrogens with one attached hydrogen (secondary N) is 1. The van der Waals surface area contributed by atoms with Gasteiger partial charge in [-0.05, 0) is 68.4 Å². The van der Waals surface area contributed by atoms with Crippen LogP contribution < -0.4 is 10.2 Å². The standard InChI is InChI=1S/C28H35N3O3/c1-17-9-10-19(3)24(13-17)31-26(32)25-14-21-15-34-12-11-23(21)30(25)16-28(31,5)27(33)29-22-8-6-7-18(2)20(22)4/h9-14,18,20,22H,6-8,15-16H2,1-5H3,(H,29,33). The molecular weight excluding hydrogens is 426 g/mol. The summed E-state index contributed by atoms with van der Waals surface area (Å²) in [5, 5.41) is 3.38. The van der Waals surface area contributed by atoms with Gasteiger partial charge in [0.1, 0.15) is 17.8 Å². The van der Waals surface area contributed by atoms with Gasteiger partial charge >= 0.3 is 0 Å². The molecule has 3 heterocycles. The highest BCUT2D eigenvalue weighted by Crippen LogP contribution is 2.39. The molecule has 2 aromatic rings. The molecule has 1 aliphatic carbocycles. The lowest BCUT2D eigenvalue weighted by atomic mass is 9.77. The molecule has 3 aliphatic rings. The number of nitrogens with zero attached hydrogens (tertiary/aromatic N) is 2. The van der Waals surface area contributed by atoms with Gasteiger partial charge in [0.2, 0.25) is 5.91 Å². The predicted molar refractivity (Wildman–Crippen MR) is 133 cm³/mol. The fourth-order valence-electron chi connectivity index (χ4n) is 5.87. The largest absolute Gasteiger partial charge is 0.496 e. The van der Waals surface area contributed by atoms with Crippen molar-refractivity contribution >= 4 is 23.6 Å². The van der Waals surface area contributed by atoms with E-state index in [1.165, 1.54) is 6.42 Å². The van der Waals surface area contributed by atoms with Crippen molar-refractivity contribution in [3.63, 3.8) is 0 Å². The summed E-state index contributed by atoms with van der Waals surface area (Å²) >= 11 is 0. The van der Waals surface area contributed by atoms with E-state index in [-0.39, 0.29) is 17.9 Å². The second-order valence-corrected chi connectivity index (χ2v) is 10.7. The Kier molecular flexibility index (Phi) is 5.58. The Hall–Kier alpha value is -3.02. The van der Waals surface area contributed by atoms with Crippen LogP contribution in [0, 0.1) is 25.7 Å². The summed E-state index contributed by atoms with van der Waals surface area (Å²) in [6.45, 7) is 11.3. The number of aryl methyl sites for hydroxylation is 2. The van der Waals surface area contributed by atoms with E-state index in [0.29, 0.717) is 30.7 Å². The topological polar surface area (TPSA) is 63.6 Å². The molecule has 0 spiro atoms. The SMILES string of the molecule is Cc1ccc(C)c(N2C(=O)c3cc4c(n3CC2(C)C(=O)NC2CCCC(C)C2C)C=COC4)c1. The second kappa shape index (κ2) is 8.33. The van der Waals surface area contributed by atoms with Gasteiger partial charge in [0.25, 0.3) is 5.91 Å². The fraction of sp³-hybridized carbons (Fsp3) is 0.500. The summed E-state index contributed by atoms with van der Waals surface area (Å²) in [6, 6.07) is 8.13. The average molecular weight is 462 g/mol. The quantitative estimate of drug-likeness (QED) is 0.702. The maximum absolute atomic E-state index is 14.1. The summed E-state index contributed by atoms with van der Waals surface area (Å²) in [6.07, 6.45) is 6.86. The highest BCUT2D eigenvalue weighted by molar-refractivity contribution is 6.12. The van der Waals surface area contributed by atoms with Crippen molar-refractivity contribution in [1.29, 1.82) is 0 Å². The van der Waals surface area contributed by atoms with Crippen molar-refractivity contribution in [3.05, 3.63) is 58.6 Å². The van der Waals surface area contributed by atoms with E-state index in [0.717, 1.165) is 40.9 Å². The van der Waals surface area contributed by atoms with E-state index in [1.807, 2.05) is 55.7 Å². The first-order valence-electron chi connectivity index (χ1n) is 12.4. The molecule has 34 heavy (non-hydrogen) atoms. The van der Waals surface area contributed by atoms with Crippen LogP contribution in [0.5, 0.6) is 0 Å². The van der Waals surface area contributed by atoms with Crippen molar-refractivity contribution in [2.45, 2.75) is 78.6 Å². The summed E-state index contributed by atoms with van der Waals surface area (Å²) in [5.41, 5.74) is 4.30. The summed E-state index contributed by atoms with van der Waals surface area (Å²) in [5.74, 6) is 0.746. The summed E-state index contributed by atoms with van der Waals surface area (Å²) in [4.78, 5) is 29.9. The minimum absolute atomic E-state index is 0.0863. The van der Waals surface area contributed by atoms with Crippen LogP contribution in [-0.2, 0) is 22.7 Å². The zero-order valence-corrected chi connectivity index (χ0v) is 20.9. The first kappa shape index (κ1) is 22.8. The molecule has 4 atom stereocenters. The third kappa shape index (κ3) is 3.55. The average Bonchev–Trinajstić information content (AvgIpc) is 3.18. The number of benzene rings is 1. The first-order chi connectivity index (χ1) is 16.2. The van der Waals surface area contributed by atoms with Gasteiger partial charge in [-0.3, -0.25) is 14.5 Å². The molecule has 2 aliphatic heterocycles. The van der Waals surface area contributed by atoms with Gasteiger partial charge in [-0.2, -0.15) is 0 Å². The number of hydrogen-bond donors (Lipinski definition) is 1. The van der Waals surface area contributed by atoms with Crippen LogP contribution in [0.4, 0.5) is 5.69 Å². The van der Waals surface area contributed by atoms with Crippen molar-refractivity contribution < 1.29 is 14.3 Å². The molecule has 1 N–H and O–H groups in total. The van der Waals surface area contributed by atoms with Gasteiger partial charge in [-0.15, -0.1) is 0 Å². The van der Waals surface area contributed by atoms with Crippen LogP contribution in [0.25, 0.3) is 6.08 Å².